The molecule has 2 aromatic carbocycles. The zero-order valence-electron chi connectivity index (χ0n) is 11.1. The number of hydrogen-bond donors (Lipinski definition) is 1. The maximum atomic E-state index is 12.1. The maximum absolute atomic E-state index is 12.1. The van der Waals surface area contributed by atoms with Crippen molar-refractivity contribution >= 4 is 27.5 Å². The molecule has 1 amide bonds. The first kappa shape index (κ1) is 13.3. The lowest BCUT2D eigenvalue weighted by molar-refractivity contribution is -0.126. The van der Waals surface area contributed by atoms with Crippen molar-refractivity contribution in [3.8, 4) is 0 Å². The van der Waals surface area contributed by atoms with Gasteiger partial charge in [-0.3, -0.25) is 4.79 Å². The molecule has 2 aromatic rings. The molecule has 20 heavy (non-hydrogen) atoms. The summed E-state index contributed by atoms with van der Waals surface area (Å²) in [5.74, 6) is -0.0245. The average molecular weight is 331 g/mol. The van der Waals surface area contributed by atoms with Gasteiger partial charge in [0.15, 0.2) is 0 Å². The summed E-state index contributed by atoms with van der Waals surface area (Å²) in [7, 11) is 0. The van der Waals surface area contributed by atoms with Crippen LogP contribution in [0.15, 0.2) is 53.0 Å². The lowest BCUT2D eigenvalue weighted by Crippen LogP contribution is -2.63. The van der Waals surface area contributed by atoms with Gasteiger partial charge >= 0.3 is 0 Å². The molecule has 0 saturated carbocycles. The van der Waals surface area contributed by atoms with Gasteiger partial charge in [0, 0.05) is 10.2 Å². The first-order valence-electron chi connectivity index (χ1n) is 6.49. The van der Waals surface area contributed by atoms with Gasteiger partial charge in [0.1, 0.15) is 6.04 Å². The van der Waals surface area contributed by atoms with E-state index in [9.17, 15) is 4.79 Å². The van der Waals surface area contributed by atoms with Gasteiger partial charge in [-0.1, -0.05) is 40.2 Å². The first-order valence-corrected chi connectivity index (χ1v) is 7.28. The van der Waals surface area contributed by atoms with E-state index in [4.69, 9.17) is 5.73 Å². The van der Waals surface area contributed by atoms with Gasteiger partial charge in [-0.25, -0.2) is 0 Å². The maximum Gasteiger partial charge on any atom is 0.247 e. The summed E-state index contributed by atoms with van der Waals surface area (Å²) in [6.07, 6.45) is 0. The Kier molecular flexibility index (Phi) is 3.36. The number of nitrogens with two attached hydrogens (primary N) is 1. The van der Waals surface area contributed by atoms with E-state index in [0.717, 1.165) is 21.3 Å². The highest BCUT2D eigenvalue weighted by molar-refractivity contribution is 9.10. The van der Waals surface area contributed by atoms with E-state index in [2.05, 4.69) is 15.9 Å². The number of anilines is 1. The Labute approximate surface area is 126 Å². The molecule has 0 aromatic heterocycles. The van der Waals surface area contributed by atoms with Crippen LogP contribution in [0.1, 0.15) is 17.2 Å². The highest BCUT2D eigenvalue weighted by Crippen LogP contribution is 2.38. The molecule has 3 rings (SSSR count). The van der Waals surface area contributed by atoms with Crippen LogP contribution >= 0.6 is 15.9 Å². The fourth-order valence-corrected chi connectivity index (χ4v) is 2.86. The lowest BCUT2D eigenvalue weighted by atomic mass is 9.88. The molecular weight excluding hydrogens is 316 g/mol. The second-order valence-electron chi connectivity index (χ2n) is 5.07. The van der Waals surface area contributed by atoms with Crippen LogP contribution in [-0.4, -0.2) is 11.9 Å². The van der Waals surface area contributed by atoms with Crippen molar-refractivity contribution in [1.29, 1.82) is 0 Å². The number of hydrogen-bond acceptors (Lipinski definition) is 2. The number of carbonyl (C=O) groups is 1. The quantitative estimate of drug-likeness (QED) is 0.859. The number of aryl methyl sites for hydroxylation is 1. The number of nitrogens with zero attached hydrogens (tertiary/aromatic N) is 1. The van der Waals surface area contributed by atoms with Gasteiger partial charge < -0.3 is 10.6 Å². The Balaban J connectivity index is 1.97. The number of β-lactam (4-membered cyclic amide) rings is 1. The predicted molar refractivity (Wildman–Crippen MR) is 83.5 cm³/mol. The molecule has 1 aliphatic heterocycles. The molecule has 0 bridgehead atoms. The second-order valence-corrected chi connectivity index (χ2v) is 5.99. The van der Waals surface area contributed by atoms with Crippen LogP contribution in [0.25, 0.3) is 0 Å². The third-order valence-corrected chi connectivity index (χ3v) is 4.16. The molecule has 4 heteroatoms. The smallest absolute Gasteiger partial charge is 0.247 e. The van der Waals surface area contributed by atoms with Crippen molar-refractivity contribution in [2.45, 2.75) is 19.0 Å². The van der Waals surface area contributed by atoms with Crippen LogP contribution in [0.5, 0.6) is 0 Å². The van der Waals surface area contributed by atoms with Crippen molar-refractivity contribution < 1.29 is 4.79 Å². The van der Waals surface area contributed by atoms with Crippen LogP contribution in [0, 0.1) is 6.92 Å². The van der Waals surface area contributed by atoms with Crippen molar-refractivity contribution in [1.82, 2.24) is 0 Å². The molecule has 2 N–H and O–H groups in total. The number of carbonyl (C=O) groups excluding carboxylic acids is 1. The first-order chi connectivity index (χ1) is 9.58. The molecule has 0 radical (unpaired) electrons. The Bertz CT molecular complexity index is 654. The van der Waals surface area contributed by atoms with Crippen LogP contribution in [0.3, 0.4) is 0 Å². The zero-order valence-corrected chi connectivity index (χ0v) is 12.7. The van der Waals surface area contributed by atoms with Crippen LogP contribution in [-0.2, 0) is 4.79 Å². The van der Waals surface area contributed by atoms with Crippen molar-refractivity contribution in [3.63, 3.8) is 0 Å². The molecule has 3 nitrogen and oxygen atoms in total. The Morgan fingerprint density at radius 2 is 1.85 bits per heavy atom. The van der Waals surface area contributed by atoms with E-state index in [1.807, 2.05) is 55.5 Å². The summed E-state index contributed by atoms with van der Waals surface area (Å²) in [6.45, 7) is 2.02. The summed E-state index contributed by atoms with van der Waals surface area (Å²) < 4.78 is 1.02. The van der Waals surface area contributed by atoms with E-state index in [1.165, 1.54) is 0 Å². The van der Waals surface area contributed by atoms with E-state index in [1.54, 1.807) is 4.90 Å². The van der Waals surface area contributed by atoms with Gasteiger partial charge in [0.05, 0.1) is 6.04 Å². The molecule has 0 spiro atoms. The van der Waals surface area contributed by atoms with Crippen molar-refractivity contribution in [2.24, 2.45) is 5.73 Å². The standard InChI is InChI=1S/C16H15BrN2O/c1-10-3-2-4-13(9-10)19-15(14(18)16(19)20)11-5-7-12(17)8-6-11/h2-9,14-15H,18H2,1H3. The van der Waals surface area contributed by atoms with Gasteiger partial charge in [-0.2, -0.15) is 0 Å². The fourth-order valence-electron chi connectivity index (χ4n) is 2.59. The summed E-state index contributed by atoms with van der Waals surface area (Å²) >= 11 is 3.42. The molecule has 2 unspecified atom stereocenters. The van der Waals surface area contributed by atoms with E-state index in [0.29, 0.717) is 0 Å². The highest BCUT2D eigenvalue weighted by Gasteiger charge is 2.46. The minimum atomic E-state index is -0.461. The average Bonchev–Trinajstić information content (AvgIpc) is 2.45. The molecule has 2 atom stereocenters. The summed E-state index contributed by atoms with van der Waals surface area (Å²) in [5.41, 5.74) is 9.09. The minimum Gasteiger partial charge on any atom is -0.318 e. The Morgan fingerprint density at radius 1 is 1.15 bits per heavy atom. The van der Waals surface area contributed by atoms with Crippen LogP contribution in [0.2, 0.25) is 0 Å². The van der Waals surface area contributed by atoms with E-state index in [-0.39, 0.29) is 11.9 Å². The van der Waals surface area contributed by atoms with E-state index >= 15 is 0 Å². The largest absolute Gasteiger partial charge is 0.318 e. The highest BCUT2D eigenvalue weighted by atomic mass is 79.9. The minimum absolute atomic E-state index is 0.0245. The molecular formula is C16H15BrN2O. The molecule has 1 saturated heterocycles. The van der Waals surface area contributed by atoms with Crippen molar-refractivity contribution in [3.05, 3.63) is 64.1 Å². The second kappa shape index (κ2) is 5.04. The number of rotatable bonds is 2. The fraction of sp³-hybridized carbons (Fsp3) is 0.188. The number of benzene rings is 2. The summed E-state index contributed by atoms with van der Waals surface area (Å²) in [5, 5.41) is 0. The van der Waals surface area contributed by atoms with Crippen molar-refractivity contribution in [2.75, 3.05) is 4.90 Å². The zero-order chi connectivity index (χ0) is 14.3. The molecule has 0 aliphatic carbocycles. The number of halogens is 1. The molecule has 1 heterocycles. The number of amides is 1. The SMILES string of the molecule is Cc1cccc(N2C(=O)C(N)C2c2ccc(Br)cc2)c1. The molecule has 1 fully saturated rings. The molecule has 102 valence electrons. The summed E-state index contributed by atoms with van der Waals surface area (Å²) in [4.78, 5) is 13.9. The predicted octanol–water partition coefficient (Wildman–Crippen LogP) is 3.17. The Hall–Kier alpha value is -1.65. The molecule has 1 aliphatic rings. The van der Waals surface area contributed by atoms with Crippen LogP contribution in [0.4, 0.5) is 5.69 Å². The van der Waals surface area contributed by atoms with Gasteiger partial charge in [-0.15, -0.1) is 0 Å². The lowest BCUT2D eigenvalue weighted by Gasteiger charge is -2.45. The third kappa shape index (κ3) is 2.15. The topological polar surface area (TPSA) is 46.3 Å². The normalized spacial score (nSPS) is 21.8. The van der Waals surface area contributed by atoms with Gasteiger partial charge in [0.2, 0.25) is 5.91 Å². The third-order valence-electron chi connectivity index (χ3n) is 3.63. The van der Waals surface area contributed by atoms with E-state index < -0.39 is 6.04 Å². The Morgan fingerprint density at radius 3 is 2.50 bits per heavy atom. The monoisotopic (exact) mass is 330 g/mol. The van der Waals surface area contributed by atoms with Gasteiger partial charge in [0.25, 0.3) is 0 Å². The van der Waals surface area contributed by atoms with Gasteiger partial charge in [-0.05, 0) is 42.3 Å². The van der Waals surface area contributed by atoms with Crippen LogP contribution < -0.4 is 10.6 Å². The summed E-state index contributed by atoms with van der Waals surface area (Å²) in [6, 6.07) is 15.3.